The molecule has 3 rings (SSSR count). The lowest BCUT2D eigenvalue weighted by atomic mass is 10.1. The van der Waals surface area contributed by atoms with Crippen molar-refractivity contribution in [2.24, 2.45) is 0 Å². The molecule has 0 saturated carbocycles. The minimum Gasteiger partial charge on any atom is -0.491 e. The molecule has 0 amide bonds. The molecule has 1 heterocycles. The molecule has 0 saturated heterocycles. The highest BCUT2D eigenvalue weighted by atomic mass is 79.9. The molecule has 1 aliphatic rings. The van der Waals surface area contributed by atoms with E-state index in [0.29, 0.717) is 18.7 Å². The van der Waals surface area contributed by atoms with E-state index in [1.807, 2.05) is 19.1 Å². The zero-order chi connectivity index (χ0) is 22.6. The Labute approximate surface area is 186 Å². The zero-order valence-electron chi connectivity index (χ0n) is 16.6. The van der Waals surface area contributed by atoms with E-state index in [4.69, 9.17) is 14.2 Å². The van der Waals surface area contributed by atoms with Gasteiger partial charge >= 0.3 is 17.7 Å². The molecule has 4 N–H and O–H groups in total. The highest BCUT2D eigenvalue weighted by molar-refractivity contribution is 9.10. The minimum atomic E-state index is -2.77. The lowest BCUT2D eigenvalue weighted by molar-refractivity contribution is -0.194. The molecule has 0 radical (unpaired) electrons. The number of aliphatic carboxylic acids is 2. The predicted molar refractivity (Wildman–Crippen MR) is 113 cm³/mol. The first-order valence-electron chi connectivity index (χ1n) is 9.47. The summed E-state index contributed by atoms with van der Waals surface area (Å²) in [6.45, 7) is 2.37. The summed E-state index contributed by atoms with van der Waals surface area (Å²) in [6.07, 6.45) is -0.182. The summed E-state index contributed by atoms with van der Waals surface area (Å²) in [7, 11) is 0. The third kappa shape index (κ3) is 5.46. The molecule has 0 bridgehead atoms. The normalized spacial score (nSPS) is 15.8. The van der Waals surface area contributed by atoms with E-state index < -0.39 is 23.8 Å². The van der Waals surface area contributed by atoms with Crippen LogP contribution in [-0.2, 0) is 16.0 Å². The number of ether oxygens (including phenoxy) is 3. The number of nitrogens with one attached hydrogen (secondary N) is 1. The van der Waals surface area contributed by atoms with Crippen molar-refractivity contribution in [2.45, 2.75) is 31.3 Å². The van der Waals surface area contributed by atoms with Gasteiger partial charge in [0.2, 0.25) is 0 Å². The lowest BCUT2D eigenvalue weighted by Crippen LogP contribution is -2.54. The minimum absolute atomic E-state index is 0.0357. The van der Waals surface area contributed by atoms with Gasteiger partial charge in [-0.05, 0) is 55.3 Å². The highest BCUT2D eigenvalue weighted by Gasteiger charge is 2.57. The van der Waals surface area contributed by atoms with Crippen LogP contribution in [0.1, 0.15) is 12.5 Å². The molecule has 31 heavy (non-hydrogen) atoms. The van der Waals surface area contributed by atoms with Gasteiger partial charge < -0.3 is 34.8 Å². The number of hydrogen-bond donors (Lipinski definition) is 4. The summed E-state index contributed by atoms with van der Waals surface area (Å²) in [6, 6.07) is 12.0. The van der Waals surface area contributed by atoms with Gasteiger partial charge in [-0.2, -0.15) is 0 Å². The van der Waals surface area contributed by atoms with E-state index in [-0.39, 0.29) is 24.1 Å². The largest absolute Gasteiger partial charge is 0.491 e. The molecule has 0 aromatic heterocycles. The maximum atomic E-state index is 11.3. The lowest BCUT2D eigenvalue weighted by Gasteiger charge is -2.18. The first-order chi connectivity index (χ1) is 14.7. The number of rotatable bonds is 10. The van der Waals surface area contributed by atoms with Gasteiger partial charge in [-0.1, -0.05) is 22.0 Å². The van der Waals surface area contributed by atoms with Crippen LogP contribution in [0.3, 0.4) is 0 Å². The number of hydrogen-bond acceptors (Lipinski definition) is 7. The third-order valence-corrected chi connectivity index (χ3v) is 5.11. The summed E-state index contributed by atoms with van der Waals surface area (Å²) in [4.78, 5) is 22.7. The topological polar surface area (TPSA) is 135 Å². The quantitative estimate of drug-likeness (QED) is 0.365. The smallest absolute Gasteiger partial charge is 0.453 e. The van der Waals surface area contributed by atoms with Crippen molar-refractivity contribution >= 4 is 27.9 Å². The molecule has 9 nitrogen and oxygen atoms in total. The number of carboxylic acid groups (broad SMARTS) is 2. The van der Waals surface area contributed by atoms with E-state index in [9.17, 15) is 24.9 Å². The fourth-order valence-corrected chi connectivity index (χ4v) is 3.25. The summed E-state index contributed by atoms with van der Waals surface area (Å²) in [5, 5.41) is 31.7. The number of carbonyl (C=O) groups is 2. The predicted octanol–water partition coefficient (Wildman–Crippen LogP) is 2.05. The van der Waals surface area contributed by atoms with Crippen molar-refractivity contribution in [3.8, 4) is 17.2 Å². The van der Waals surface area contributed by atoms with Gasteiger partial charge in [0, 0.05) is 17.1 Å². The Morgan fingerprint density at radius 2 is 1.74 bits per heavy atom. The fourth-order valence-electron chi connectivity index (χ4n) is 2.99. The third-order valence-electron chi connectivity index (χ3n) is 4.58. The van der Waals surface area contributed by atoms with Crippen molar-refractivity contribution in [3.63, 3.8) is 0 Å². The van der Waals surface area contributed by atoms with Crippen molar-refractivity contribution < 1.29 is 39.1 Å². The highest BCUT2D eigenvalue weighted by Crippen LogP contribution is 2.40. The van der Waals surface area contributed by atoms with Gasteiger partial charge in [-0.3, -0.25) is 0 Å². The average Bonchev–Trinajstić information content (AvgIpc) is 3.12. The molecule has 2 aromatic rings. The Kier molecular flexibility index (Phi) is 7.04. The molecule has 2 aromatic carbocycles. The Hall–Kier alpha value is -2.82. The second kappa shape index (κ2) is 9.54. The molecular weight excluding hydrogens is 474 g/mol. The standard InChI is InChI=1S/C21H22BrNO8/c1-12(23-10-15(24)11-29-16-5-3-14(22)4-6-16)8-13-2-7-17-18(9-13)31-21(30-17,19(25)26)20(27)28/h2-7,9,12,15,23-24H,8,10-11H2,1H3,(H,25,26)(H,27,28). The van der Waals surface area contributed by atoms with Crippen molar-refractivity contribution in [1.29, 1.82) is 0 Å². The first-order valence-corrected chi connectivity index (χ1v) is 10.3. The summed E-state index contributed by atoms with van der Waals surface area (Å²) in [5.74, 6) is -5.50. The number of fused-ring (bicyclic) bond motifs is 1. The van der Waals surface area contributed by atoms with Gasteiger partial charge in [-0.15, -0.1) is 0 Å². The Balaban J connectivity index is 1.49. The molecule has 0 spiro atoms. The van der Waals surface area contributed by atoms with Crippen molar-refractivity contribution in [3.05, 3.63) is 52.5 Å². The van der Waals surface area contributed by atoms with Gasteiger partial charge in [0.05, 0.1) is 0 Å². The summed E-state index contributed by atoms with van der Waals surface area (Å²) < 4.78 is 16.6. The van der Waals surface area contributed by atoms with E-state index in [1.54, 1.807) is 24.3 Å². The molecular formula is C21H22BrNO8. The molecule has 10 heteroatoms. The first kappa shape index (κ1) is 22.9. The Bertz CT molecular complexity index is 935. The van der Waals surface area contributed by atoms with Crippen LogP contribution in [0.25, 0.3) is 0 Å². The van der Waals surface area contributed by atoms with Crippen LogP contribution in [0.15, 0.2) is 46.9 Å². The molecule has 2 atom stereocenters. The van der Waals surface area contributed by atoms with Crippen molar-refractivity contribution in [2.75, 3.05) is 13.2 Å². The van der Waals surface area contributed by atoms with Crippen LogP contribution in [-0.4, -0.2) is 58.3 Å². The molecule has 166 valence electrons. The van der Waals surface area contributed by atoms with Crippen LogP contribution in [0.4, 0.5) is 0 Å². The SMILES string of the molecule is CC(Cc1ccc2c(c1)OC(C(=O)O)(C(=O)O)O2)NCC(O)COc1ccc(Br)cc1. The Morgan fingerprint density at radius 3 is 2.39 bits per heavy atom. The number of aliphatic hydroxyl groups is 1. The van der Waals surface area contributed by atoms with Crippen molar-refractivity contribution in [1.82, 2.24) is 5.32 Å². The van der Waals surface area contributed by atoms with Crippen LogP contribution < -0.4 is 19.5 Å². The van der Waals surface area contributed by atoms with Crippen LogP contribution in [0.5, 0.6) is 17.2 Å². The number of benzene rings is 2. The zero-order valence-corrected chi connectivity index (χ0v) is 18.2. The van der Waals surface area contributed by atoms with Gasteiger partial charge in [-0.25, -0.2) is 9.59 Å². The fraction of sp³-hybridized carbons (Fsp3) is 0.333. The summed E-state index contributed by atoms with van der Waals surface area (Å²) in [5.41, 5.74) is 0.787. The van der Waals surface area contributed by atoms with E-state index in [2.05, 4.69) is 21.2 Å². The monoisotopic (exact) mass is 495 g/mol. The van der Waals surface area contributed by atoms with E-state index in [1.165, 1.54) is 6.07 Å². The number of halogens is 1. The van der Waals surface area contributed by atoms with Gasteiger partial charge in [0.1, 0.15) is 18.5 Å². The molecule has 0 fully saturated rings. The number of aliphatic hydroxyl groups excluding tert-OH is 1. The van der Waals surface area contributed by atoms with Crippen LogP contribution >= 0.6 is 15.9 Å². The van der Waals surface area contributed by atoms with Gasteiger partial charge in [0.15, 0.2) is 11.5 Å². The second-order valence-electron chi connectivity index (χ2n) is 7.14. The van der Waals surface area contributed by atoms with E-state index >= 15 is 0 Å². The summed E-state index contributed by atoms with van der Waals surface area (Å²) >= 11 is 3.35. The molecule has 2 unspecified atom stereocenters. The van der Waals surface area contributed by atoms with Crippen LogP contribution in [0.2, 0.25) is 0 Å². The molecule has 1 aliphatic heterocycles. The van der Waals surface area contributed by atoms with Crippen LogP contribution in [0, 0.1) is 0 Å². The second-order valence-corrected chi connectivity index (χ2v) is 8.06. The molecule has 0 aliphatic carbocycles. The Morgan fingerprint density at radius 1 is 1.10 bits per heavy atom. The van der Waals surface area contributed by atoms with E-state index in [0.717, 1.165) is 10.0 Å². The maximum Gasteiger partial charge on any atom is 0.453 e. The van der Waals surface area contributed by atoms with Gasteiger partial charge in [0.25, 0.3) is 0 Å². The maximum absolute atomic E-state index is 11.3. The average molecular weight is 496 g/mol. The number of carboxylic acids is 2.